The maximum absolute atomic E-state index is 15.6. The number of benzene rings is 2. The number of nitrogens with one attached hydrogen (secondary N) is 1. The highest BCUT2D eigenvalue weighted by atomic mass is 79.9. The molecular weight excluding hydrogens is 708 g/mol. The van der Waals surface area contributed by atoms with Gasteiger partial charge in [-0.3, -0.25) is 9.59 Å². The van der Waals surface area contributed by atoms with Crippen LogP contribution < -0.4 is 10.2 Å². The van der Waals surface area contributed by atoms with E-state index in [1.807, 2.05) is 0 Å². The molecule has 3 rings (SSSR count). The Hall–Kier alpha value is -4.34. The smallest absolute Gasteiger partial charge is 0.320 e. The standard InChI is InChI=1S/C26H13BrF12N4O2/c27-16-10-12(23(30,25(34,35)36)26(37,38)39)9-15(24(31,32)33)20(16)42-21(44)14-3-1-4-18(19(14)29)43(8-2-7-40)22(45)17-6-5-13(28)11-41-17/h1,3-6,9-11H,2,8H2,(H,42,44). The van der Waals surface area contributed by atoms with E-state index in [4.69, 9.17) is 5.26 Å². The first-order valence-corrected chi connectivity index (χ1v) is 12.6. The Morgan fingerprint density at radius 3 is 2.07 bits per heavy atom. The second-order valence-electron chi connectivity index (χ2n) is 8.85. The number of nitriles is 1. The summed E-state index contributed by atoms with van der Waals surface area (Å²) in [6, 6.07) is 4.92. The molecule has 19 heteroatoms. The highest BCUT2D eigenvalue weighted by molar-refractivity contribution is 9.10. The van der Waals surface area contributed by atoms with Gasteiger partial charge in [0.1, 0.15) is 11.5 Å². The minimum atomic E-state index is -6.76. The van der Waals surface area contributed by atoms with Gasteiger partial charge in [-0.15, -0.1) is 0 Å². The van der Waals surface area contributed by atoms with E-state index in [-0.39, 0.29) is 6.07 Å². The van der Waals surface area contributed by atoms with Gasteiger partial charge < -0.3 is 10.2 Å². The van der Waals surface area contributed by atoms with Crippen LogP contribution in [0.1, 0.15) is 38.4 Å². The zero-order valence-electron chi connectivity index (χ0n) is 21.6. The summed E-state index contributed by atoms with van der Waals surface area (Å²) in [5.74, 6) is -5.24. The molecule has 2 amide bonds. The van der Waals surface area contributed by atoms with E-state index in [0.717, 1.165) is 24.3 Å². The Morgan fingerprint density at radius 1 is 0.933 bits per heavy atom. The maximum Gasteiger partial charge on any atom is 0.435 e. The van der Waals surface area contributed by atoms with Gasteiger partial charge in [0.25, 0.3) is 11.8 Å². The molecule has 0 bridgehead atoms. The van der Waals surface area contributed by atoms with Crippen molar-refractivity contribution in [1.29, 1.82) is 5.26 Å². The molecule has 1 N–H and O–H groups in total. The lowest BCUT2D eigenvalue weighted by Crippen LogP contribution is -2.50. The Balaban J connectivity index is 2.12. The van der Waals surface area contributed by atoms with E-state index >= 15 is 4.39 Å². The van der Waals surface area contributed by atoms with Gasteiger partial charge >= 0.3 is 24.2 Å². The van der Waals surface area contributed by atoms with E-state index in [1.165, 1.54) is 5.32 Å². The van der Waals surface area contributed by atoms with E-state index in [9.17, 15) is 57.9 Å². The van der Waals surface area contributed by atoms with Gasteiger partial charge in [-0.05, 0) is 52.3 Å². The van der Waals surface area contributed by atoms with Crippen LogP contribution in [0.2, 0.25) is 0 Å². The minimum absolute atomic E-state index is 0.281. The zero-order chi connectivity index (χ0) is 34.1. The van der Waals surface area contributed by atoms with Gasteiger partial charge in [-0.2, -0.15) is 44.8 Å². The molecule has 0 saturated heterocycles. The molecule has 45 heavy (non-hydrogen) atoms. The fourth-order valence-electron chi connectivity index (χ4n) is 3.86. The van der Waals surface area contributed by atoms with Gasteiger partial charge in [0.2, 0.25) is 0 Å². The highest BCUT2D eigenvalue weighted by Crippen LogP contribution is 2.55. The number of hydrogen-bond acceptors (Lipinski definition) is 4. The first-order valence-electron chi connectivity index (χ1n) is 11.8. The Morgan fingerprint density at radius 2 is 1.56 bits per heavy atom. The third-order valence-electron chi connectivity index (χ3n) is 5.97. The van der Waals surface area contributed by atoms with Crippen LogP contribution in [0, 0.1) is 23.0 Å². The number of hydrogen-bond donors (Lipinski definition) is 1. The molecule has 0 saturated carbocycles. The van der Waals surface area contributed by atoms with Gasteiger partial charge in [-0.1, -0.05) is 6.07 Å². The Kier molecular flexibility index (Phi) is 9.82. The average molecular weight is 721 g/mol. The molecule has 0 aliphatic carbocycles. The van der Waals surface area contributed by atoms with Crippen LogP contribution in [0.15, 0.2) is 53.1 Å². The number of nitrogens with zero attached hydrogens (tertiary/aromatic N) is 3. The Bertz CT molecular complexity index is 1630. The van der Waals surface area contributed by atoms with Gasteiger partial charge in [0.05, 0.1) is 41.2 Å². The number of halogens is 13. The first kappa shape index (κ1) is 35.1. The van der Waals surface area contributed by atoms with Crippen LogP contribution in [0.3, 0.4) is 0 Å². The number of alkyl halides is 10. The van der Waals surface area contributed by atoms with Crippen LogP contribution in [-0.4, -0.2) is 35.7 Å². The zero-order valence-corrected chi connectivity index (χ0v) is 23.2. The van der Waals surface area contributed by atoms with Crippen molar-refractivity contribution in [2.75, 3.05) is 16.8 Å². The van der Waals surface area contributed by atoms with Gasteiger partial charge in [0, 0.05) is 16.6 Å². The molecule has 1 aromatic heterocycles. The number of aromatic nitrogens is 1. The molecule has 0 radical (unpaired) electrons. The summed E-state index contributed by atoms with van der Waals surface area (Å²) in [6.45, 7) is -0.523. The summed E-state index contributed by atoms with van der Waals surface area (Å²) in [4.78, 5) is 30.1. The molecule has 0 aliphatic rings. The number of rotatable bonds is 7. The largest absolute Gasteiger partial charge is 0.435 e. The number of anilines is 2. The Labute approximate surface area is 252 Å². The summed E-state index contributed by atoms with van der Waals surface area (Å²) in [5, 5.41) is 10.5. The summed E-state index contributed by atoms with van der Waals surface area (Å²) in [6.07, 6.45) is -19.1. The number of carbonyl (C=O) groups is 2. The lowest BCUT2D eigenvalue weighted by Gasteiger charge is -2.31. The molecule has 0 unspecified atom stereocenters. The van der Waals surface area contributed by atoms with E-state index in [0.29, 0.717) is 17.2 Å². The van der Waals surface area contributed by atoms with Crippen molar-refractivity contribution in [3.05, 3.63) is 87.2 Å². The predicted molar refractivity (Wildman–Crippen MR) is 134 cm³/mol. The number of amides is 2. The molecule has 3 aromatic rings. The quantitative estimate of drug-likeness (QED) is 0.249. The van der Waals surface area contributed by atoms with E-state index in [1.54, 1.807) is 6.07 Å². The number of carbonyl (C=O) groups excluding carboxylic acids is 2. The first-order chi connectivity index (χ1) is 20.6. The van der Waals surface area contributed by atoms with Crippen LogP contribution in [0.4, 0.5) is 64.1 Å². The lowest BCUT2D eigenvalue weighted by molar-refractivity contribution is -0.348. The summed E-state index contributed by atoms with van der Waals surface area (Å²) >= 11 is 2.33. The fourth-order valence-corrected chi connectivity index (χ4v) is 4.42. The molecule has 1 heterocycles. The van der Waals surface area contributed by atoms with Crippen LogP contribution in [0.5, 0.6) is 0 Å². The van der Waals surface area contributed by atoms with Crippen molar-refractivity contribution < 1.29 is 62.3 Å². The molecule has 0 spiro atoms. The third kappa shape index (κ3) is 7.00. The maximum atomic E-state index is 15.6. The molecule has 0 aliphatic heterocycles. The van der Waals surface area contributed by atoms with Crippen LogP contribution >= 0.6 is 15.9 Å². The summed E-state index contributed by atoms with van der Waals surface area (Å²) < 4.78 is 163. The summed E-state index contributed by atoms with van der Waals surface area (Å²) in [5.41, 5.74) is -14.9. The van der Waals surface area contributed by atoms with Crippen LogP contribution in [0.25, 0.3) is 0 Å². The lowest BCUT2D eigenvalue weighted by atomic mass is 9.92. The van der Waals surface area contributed by atoms with Crippen LogP contribution in [-0.2, 0) is 11.8 Å². The van der Waals surface area contributed by atoms with Crippen molar-refractivity contribution in [3.63, 3.8) is 0 Å². The molecule has 6 nitrogen and oxygen atoms in total. The molecule has 2 aromatic carbocycles. The average Bonchev–Trinajstić information content (AvgIpc) is 2.92. The topological polar surface area (TPSA) is 86.1 Å². The SMILES string of the molecule is N#CCCN(C(=O)c1ccc(F)cn1)c1cccc(C(=O)Nc2c(Br)cc(C(F)(C(F)(F)F)C(F)(F)F)cc2C(F)(F)F)c1F. The second kappa shape index (κ2) is 12.6. The molecule has 0 atom stereocenters. The fraction of sp³-hybridized carbons (Fsp3) is 0.231. The molecule has 240 valence electrons. The van der Waals surface area contributed by atoms with Crippen molar-refractivity contribution in [3.8, 4) is 6.07 Å². The monoisotopic (exact) mass is 720 g/mol. The molecule has 0 fully saturated rings. The predicted octanol–water partition coefficient (Wildman–Crippen LogP) is 8.24. The third-order valence-corrected chi connectivity index (χ3v) is 6.59. The van der Waals surface area contributed by atoms with Crippen molar-refractivity contribution in [1.82, 2.24) is 4.98 Å². The van der Waals surface area contributed by atoms with E-state index < -0.39 is 105 Å². The number of pyridine rings is 1. The summed E-state index contributed by atoms with van der Waals surface area (Å²) in [7, 11) is 0. The second-order valence-corrected chi connectivity index (χ2v) is 9.71. The van der Waals surface area contributed by atoms with Crippen molar-refractivity contribution in [2.45, 2.75) is 30.6 Å². The van der Waals surface area contributed by atoms with Gasteiger partial charge in [-0.25, -0.2) is 18.2 Å². The highest BCUT2D eigenvalue weighted by Gasteiger charge is 2.73. The van der Waals surface area contributed by atoms with Crippen molar-refractivity contribution >= 4 is 39.1 Å². The molecular formula is C26H13BrF12N4O2. The normalized spacial score (nSPS) is 12.4. The minimum Gasteiger partial charge on any atom is -0.320 e. The van der Waals surface area contributed by atoms with Gasteiger partial charge in [0.15, 0.2) is 5.82 Å². The van der Waals surface area contributed by atoms with Crippen molar-refractivity contribution in [2.24, 2.45) is 0 Å². The van der Waals surface area contributed by atoms with E-state index in [2.05, 4.69) is 20.9 Å².